The van der Waals surface area contributed by atoms with Gasteiger partial charge in [-0.05, 0) is 28.4 Å². The lowest BCUT2D eigenvalue weighted by atomic mass is 10.3. The van der Waals surface area contributed by atoms with E-state index in [4.69, 9.17) is 0 Å². The standard InChI is InChI=1S/C12H12BrF3N4/c13-10-6-9(12(14,15)16)7-19-11(10)18-2-1-4-20-5-3-17-8-20/h3,5-8H,1-2,4H2,(H,18,19). The monoisotopic (exact) mass is 348 g/mol. The van der Waals surface area contributed by atoms with Crippen molar-refractivity contribution in [3.63, 3.8) is 0 Å². The molecule has 2 aromatic rings. The van der Waals surface area contributed by atoms with Crippen LogP contribution in [0.4, 0.5) is 19.0 Å². The van der Waals surface area contributed by atoms with Crippen LogP contribution in [0.3, 0.4) is 0 Å². The highest BCUT2D eigenvalue weighted by Crippen LogP contribution is 2.32. The van der Waals surface area contributed by atoms with Crippen LogP contribution in [0.5, 0.6) is 0 Å². The molecule has 108 valence electrons. The molecule has 0 atom stereocenters. The van der Waals surface area contributed by atoms with Gasteiger partial charge in [-0.1, -0.05) is 0 Å². The molecule has 0 unspecified atom stereocenters. The van der Waals surface area contributed by atoms with Gasteiger partial charge in [-0.3, -0.25) is 0 Å². The summed E-state index contributed by atoms with van der Waals surface area (Å²) in [4.78, 5) is 7.70. The minimum atomic E-state index is -4.38. The fraction of sp³-hybridized carbons (Fsp3) is 0.333. The van der Waals surface area contributed by atoms with Crippen molar-refractivity contribution in [1.82, 2.24) is 14.5 Å². The van der Waals surface area contributed by atoms with Gasteiger partial charge in [0.1, 0.15) is 5.82 Å². The summed E-state index contributed by atoms with van der Waals surface area (Å²) in [5.74, 6) is 0.406. The third-order valence-electron chi connectivity index (χ3n) is 2.61. The maximum atomic E-state index is 12.5. The molecule has 0 aliphatic heterocycles. The number of alkyl halides is 3. The van der Waals surface area contributed by atoms with Crippen molar-refractivity contribution in [1.29, 1.82) is 0 Å². The first-order chi connectivity index (χ1) is 9.47. The van der Waals surface area contributed by atoms with E-state index in [9.17, 15) is 13.2 Å². The zero-order valence-electron chi connectivity index (χ0n) is 10.4. The van der Waals surface area contributed by atoms with E-state index in [1.807, 2.05) is 10.8 Å². The van der Waals surface area contributed by atoms with Crippen molar-refractivity contribution in [2.24, 2.45) is 0 Å². The molecule has 0 fully saturated rings. The highest BCUT2D eigenvalue weighted by atomic mass is 79.9. The molecule has 2 aromatic heterocycles. The molecule has 0 aliphatic rings. The number of aromatic nitrogens is 3. The van der Waals surface area contributed by atoms with Crippen LogP contribution in [-0.4, -0.2) is 21.1 Å². The number of pyridine rings is 1. The molecule has 2 rings (SSSR count). The number of nitrogens with one attached hydrogen (secondary N) is 1. The molecule has 0 bridgehead atoms. The van der Waals surface area contributed by atoms with E-state index < -0.39 is 11.7 Å². The van der Waals surface area contributed by atoms with Crippen molar-refractivity contribution in [3.8, 4) is 0 Å². The van der Waals surface area contributed by atoms with Gasteiger partial charge < -0.3 is 9.88 Å². The van der Waals surface area contributed by atoms with Crippen LogP contribution in [0.25, 0.3) is 0 Å². The number of anilines is 1. The van der Waals surface area contributed by atoms with Crippen molar-refractivity contribution in [2.45, 2.75) is 19.1 Å². The second kappa shape index (κ2) is 6.25. The highest BCUT2D eigenvalue weighted by molar-refractivity contribution is 9.10. The molecule has 4 nitrogen and oxygen atoms in total. The van der Waals surface area contributed by atoms with Gasteiger partial charge in [0.2, 0.25) is 0 Å². The van der Waals surface area contributed by atoms with Gasteiger partial charge in [0.05, 0.1) is 16.4 Å². The lowest BCUT2D eigenvalue weighted by molar-refractivity contribution is -0.137. The Morgan fingerprint density at radius 2 is 2.15 bits per heavy atom. The number of imidazole rings is 1. The number of halogens is 4. The summed E-state index contributed by atoms with van der Waals surface area (Å²) in [5.41, 5.74) is -0.770. The van der Waals surface area contributed by atoms with E-state index >= 15 is 0 Å². The zero-order chi connectivity index (χ0) is 14.6. The van der Waals surface area contributed by atoms with Gasteiger partial charge >= 0.3 is 6.18 Å². The summed E-state index contributed by atoms with van der Waals surface area (Å²) in [6, 6.07) is 1.02. The maximum Gasteiger partial charge on any atom is 0.417 e. The van der Waals surface area contributed by atoms with E-state index in [0.717, 1.165) is 25.2 Å². The van der Waals surface area contributed by atoms with Crippen molar-refractivity contribution in [2.75, 3.05) is 11.9 Å². The minimum Gasteiger partial charge on any atom is -0.369 e. The number of hydrogen-bond acceptors (Lipinski definition) is 3. The third kappa shape index (κ3) is 3.96. The summed E-state index contributed by atoms with van der Waals surface area (Å²) >= 11 is 3.09. The Kier molecular flexibility index (Phi) is 4.64. The topological polar surface area (TPSA) is 42.7 Å². The van der Waals surface area contributed by atoms with Crippen LogP contribution < -0.4 is 5.32 Å². The van der Waals surface area contributed by atoms with Gasteiger partial charge in [0.15, 0.2) is 0 Å². The Balaban J connectivity index is 1.87. The Labute approximate surface area is 122 Å². The van der Waals surface area contributed by atoms with E-state index in [1.165, 1.54) is 0 Å². The van der Waals surface area contributed by atoms with Gasteiger partial charge in [-0.25, -0.2) is 9.97 Å². The molecule has 8 heteroatoms. The van der Waals surface area contributed by atoms with Crippen LogP contribution in [0.15, 0.2) is 35.5 Å². The van der Waals surface area contributed by atoms with Gasteiger partial charge in [0.25, 0.3) is 0 Å². The van der Waals surface area contributed by atoms with E-state index in [1.54, 1.807) is 12.5 Å². The average molecular weight is 349 g/mol. The smallest absolute Gasteiger partial charge is 0.369 e. The molecule has 0 saturated carbocycles. The summed E-state index contributed by atoms with van der Waals surface area (Å²) in [6.45, 7) is 1.39. The van der Waals surface area contributed by atoms with E-state index in [0.29, 0.717) is 16.8 Å². The van der Waals surface area contributed by atoms with Crippen LogP contribution in [0.2, 0.25) is 0 Å². The highest BCUT2D eigenvalue weighted by Gasteiger charge is 2.31. The molecule has 0 saturated heterocycles. The number of aryl methyl sites for hydroxylation is 1. The summed E-state index contributed by atoms with van der Waals surface area (Å²) in [5, 5.41) is 2.99. The van der Waals surface area contributed by atoms with E-state index in [2.05, 4.69) is 31.2 Å². The van der Waals surface area contributed by atoms with Gasteiger partial charge in [-0.15, -0.1) is 0 Å². The number of rotatable bonds is 5. The fourth-order valence-corrected chi connectivity index (χ4v) is 2.10. The molecule has 20 heavy (non-hydrogen) atoms. The predicted octanol–water partition coefficient (Wildman–Crippen LogP) is 3.56. The van der Waals surface area contributed by atoms with E-state index in [-0.39, 0.29) is 0 Å². The zero-order valence-corrected chi connectivity index (χ0v) is 11.9. The van der Waals surface area contributed by atoms with Gasteiger partial charge in [-0.2, -0.15) is 13.2 Å². The van der Waals surface area contributed by atoms with Crippen LogP contribution in [0.1, 0.15) is 12.0 Å². The SMILES string of the molecule is FC(F)(F)c1cnc(NCCCn2ccnc2)c(Br)c1. The average Bonchev–Trinajstić information content (AvgIpc) is 2.88. The number of hydrogen-bond donors (Lipinski definition) is 1. The molecule has 1 N–H and O–H groups in total. The third-order valence-corrected chi connectivity index (χ3v) is 3.22. The molecular formula is C12H12BrF3N4. The normalized spacial score (nSPS) is 11.6. The maximum absolute atomic E-state index is 12.5. The largest absolute Gasteiger partial charge is 0.417 e. The lowest BCUT2D eigenvalue weighted by Crippen LogP contribution is -2.10. The molecule has 0 spiro atoms. The minimum absolute atomic E-state index is 0.301. The van der Waals surface area contributed by atoms with Crippen LogP contribution in [-0.2, 0) is 12.7 Å². The summed E-state index contributed by atoms with van der Waals surface area (Å²) in [6.07, 6.45) is 2.52. The molecule has 0 amide bonds. The van der Waals surface area contributed by atoms with Crippen molar-refractivity contribution in [3.05, 3.63) is 41.0 Å². The molecule has 0 radical (unpaired) electrons. The Hall–Kier alpha value is -1.57. The van der Waals surface area contributed by atoms with Crippen molar-refractivity contribution < 1.29 is 13.2 Å². The Bertz CT molecular complexity index is 554. The van der Waals surface area contributed by atoms with Gasteiger partial charge in [0, 0.05) is 31.7 Å². The predicted molar refractivity (Wildman–Crippen MR) is 72.3 cm³/mol. The molecule has 0 aliphatic carbocycles. The Morgan fingerprint density at radius 3 is 2.75 bits per heavy atom. The number of nitrogens with zero attached hydrogens (tertiary/aromatic N) is 3. The first kappa shape index (κ1) is 14.8. The summed E-state index contributed by atoms with van der Waals surface area (Å²) < 4.78 is 39.6. The van der Waals surface area contributed by atoms with Crippen LogP contribution >= 0.6 is 15.9 Å². The molecule has 2 heterocycles. The molecule has 0 aromatic carbocycles. The molecular weight excluding hydrogens is 337 g/mol. The van der Waals surface area contributed by atoms with Crippen LogP contribution in [0, 0.1) is 0 Å². The fourth-order valence-electron chi connectivity index (χ4n) is 1.61. The van der Waals surface area contributed by atoms with Crippen molar-refractivity contribution >= 4 is 21.7 Å². The summed E-state index contributed by atoms with van der Waals surface area (Å²) in [7, 11) is 0. The first-order valence-corrected chi connectivity index (χ1v) is 6.68. The Morgan fingerprint density at radius 1 is 1.35 bits per heavy atom. The first-order valence-electron chi connectivity index (χ1n) is 5.89. The second-order valence-electron chi connectivity index (χ2n) is 4.13. The lowest BCUT2D eigenvalue weighted by Gasteiger charge is -2.11. The quantitative estimate of drug-likeness (QED) is 0.840. The second-order valence-corrected chi connectivity index (χ2v) is 4.99.